The summed E-state index contributed by atoms with van der Waals surface area (Å²) in [5, 5.41) is 40.0. The van der Waals surface area contributed by atoms with Crippen molar-refractivity contribution in [1.29, 1.82) is 0 Å². The molecular weight excluding hydrogens is 250 g/mol. The second-order valence-electron chi connectivity index (χ2n) is 3.80. The molecule has 0 aromatic carbocycles. The Balaban J connectivity index is 2.63. The Morgan fingerprint density at radius 3 is 2.47 bits per heavy atom. The Kier molecular flexibility index (Phi) is 5.63. The fraction of sp³-hybridized carbons (Fsp3) is 0.889. The molecular formula is C9H17NO6S. The van der Waals surface area contributed by atoms with Crippen LogP contribution in [0.2, 0.25) is 0 Å². The lowest BCUT2D eigenvalue weighted by Gasteiger charge is -2.40. The number of aliphatic hydroxyl groups excluding tert-OH is 4. The number of rotatable bonds is 4. The maximum atomic E-state index is 11.3. The van der Waals surface area contributed by atoms with Gasteiger partial charge in [-0.2, -0.15) is 12.6 Å². The Labute approximate surface area is 104 Å². The van der Waals surface area contributed by atoms with Crippen molar-refractivity contribution in [2.45, 2.75) is 37.1 Å². The van der Waals surface area contributed by atoms with Gasteiger partial charge in [-0.1, -0.05) is 0 Å². The van der Waals surface area contributed by atoms with Gasteiger partial charge in [-0.25, -0.2) is 0 Å². The molecule has 1 saturated heterocycles. The van der Waals surface area contributed by atoms with Gasteiger partial charge in [-0.15, -0.1) is 0 Å². The van der Waals surface area contributed by atoms with Crippen LogP contribution in [0.25, 0.3) is 0 Å². The van der Waals surface area contributed by atoms with Gasteiger partial charge in [0, 0.05) is 6.42 Å². The minimum Gasteiger partial charge on any atom is -0.394 e. The van der Waals surface area contributed by atoms with Crippen LogP contribution in [0.3, 0.4) is 0 Å². The summed E-state index contributed by atoms with van der Waals surface area (Å²) in [5.41, 5.74) is 0. The van der Waals surface area contributed by atoms with Crippen molar-refractivity contribution in [3.05, 3.63) is 0 Å². The number of amides is 1. The van der Waals surface area contributed by atoms with Crippen LogP contribution in [0.4, 0.5) is 0 Å². The van der Waals surface area contributed by atoms with E-state index >= 15 is 0 Å². The molecule has 5 N–H and O–H groups in total. The van der Waals surface area contributed by atoms with Gasteiger partial charge in [0.15, 0.2) is 6.29 Å². The summed E-state index contributed by atoms with van der Waals surface area (Å²) >= 11 is 3.87. The van der Waals surface area contributed by atoms with Gasteiger partial charge >= 0.3 is 0 Å². The van der Waals surface area contributed by atoms with Crippen LogP contribution in [0.1, 0.15) is 6.42 Å². The molecule has 8 heteroatoms. The molecule has 1 fully saturated rings. The van der Waals surface area contributed by atoms with E-state index in [0.29, 0.717) is 5.75 Å². The molecule has 100 valence electrons. The number of thiol groups is 1. The van der Waals surface area contributed by atoms with E-state index in [9.17, 15) is 20.1 Å². The third-order valence-corrected chi connectivity index (χ3v) is 2.79. The van der Waals surface area contributed by atoms with E-state index in [1.165, 1.54) is 0 Å². The zero-order chi connectivity index (χ0) is 13.0. The normalized spacial score (nSPS) is 37.8. The molecule has 1 heterocycles. The quantitative estimate of drug-likeness (QED) is 0.307. The Morgan fingerprint density at radius 2 is 1.94 bits per heavy atom. The first-order chi connectivity index (χ1) is 8.01. The maximum absolute atomic E-state index is 11.3. The van der Waals surface area contributed by atoms with E-state index in [4.69, 9.17) is 9.84 Å². The fourth-order valence-electron chi connectivity index (χ4n) is 1.61. The molecule has 0 saturated carbocycles. The zero-order valence-electron chi connectivity index (χ0n) is 9.06. The van der Waals surface area contributed by atoms with Crippen molar-refractivity contribution in [2.24, 2.45) is 0 Å². The number of hydrogen-bond donors (Lipinski definition) is 6. The molecule has 1 amide bonds. The van der Waals surface area contributed by atoms with Crippen LogP contribution in [-0.4, -0.2) is 69.3 Å². The molecule has 3 unspecified atom stereocenters. The van der Waals surface area contributed by atoms with Crippen LogP contribution in [0.15, 0.2) is 0 Å². The summed E-state index contributed by atoms with van der Waals surface area (Å²) in [6, 6.07) is -1.12. The van der Waals surface area contributed by atoms with E-state index in [2.05, 4.69) is 17.9 Å². The van der Waals surface area contributed by atoms with Gasteiger partial charge in [0.05, 0.1) is 6.61 Å². The molecule has 5 atom stereocenters. The molecule has 0 bridgehead atoms. The highest BCUT2D eigenvalue weighted by Crippen LogP contribution is 2.19. The smallest absolute Gasteiger partial charge is 0.221 e. The predicted octanol–water partition coefficient (Wildman–Crippen LogP) is -2.78. The van der Waals surface area contributed by atoms with Gasteiger partial charge in [0.1, 0.15) is 24.4 Å². The second kappa shape index (κ2) is 6.53. The van der Waals surface area contributed by atoms with Crippen molar-refractivity contribution < 1.29 is 30.0 Å². The van der Waals surface area contributed by atoms with Crippen LogP contribution in [0, 0.1) is 0 Å². The highest BCUT2D eigenvalue weighted by molar-refractivity contribution is 7.80. The lowest BCUT2D eigenvalue weighted by molar-refractivity contribution is -0.253. The van der Waals surface area contributed by atoms with E-state index in [-0.39, 0.29) is 6.42 Å². The zero-order valence-corrected chi connectivity index (χ0v) is 9.96. The Morgan fingerprint density at radius 1 is 1.29 bits per heavy atom. The third-order valence-electron chi connectivity index (χ3n) is 2.57. The van der Waals surface area contributed by atoms with E-state index in [1.807, 2.05) is 0 Å². The van der Waals surface area contributed by atoms with E-state index in [1.54, 1.807) is 0 Å². The lowest BCUT2D eigenvalue weighted by atomic mass is 9.97. The van der Waals surface area contributed by atoms with Crippen molar-refractivity contribution >= 4 is 18.5 Å². The molecule has 1 aliphatic heterocycles. The highest BCUT2D eigenvalue weighted by atomic mass is 32.1. The van der Waals surface area contributed by atoms with Gasteiger partial charge in [-0.05, 0) is 5.75 Å². The van der Waals surface area contributed by atoms with Crippen LogP contribution in [0.5, 0.6) is 0 Å². The monoisotopic (exact) mass is 267 g/mol. The molecule has 0 aliphatic carbocycles. The molecule has 1 rings (SSSR count). The predicted molar refractivity (Wildman–Crippen MR) is 60.4 cm³/mol. The van der Waals surface area contributed by atoms with Crippen molar-refractivity contribution in [1.82, 2.24) is 5.32 Å². The second-order valence-corrected chi connectivity index (χ2v) is 4.24. The number of carbonyl (C=O) groups is 1. The summed E-state index contributed by atoms with van der Waals surface area (Å²) in [6.45, 7) is -0.535. The van der Waals surface area contributed by atoms with Crippen LogP contribution in [-0.2, 0) is 9.53 Å². The van der Waals surface area contributed by atoms with Gasteiger partial charge in [0.25, 0.3) is 0 Å². The van der Waals surface area contributed by atoms with Gasteiger partial charge < -0.3 is 30.5 Å². The van der Waals surface area contributed by atoms with Gasteiger partial charge in [0.2, 0.25) is 5.91 Å². The Bertz CT molecular complexity index is 266. The summed E-state index contributed by atoms with van der Waals surface area (Å²) in [6.07, 6.45) is -5.20. The number of carbonyl (C=O) groups excluding carboxylic acids is 1. The first-order valence-corrected chi connectivity index (χ1v) is 5.85. The van der Waals surface area contributed by atoms with E-state index < -0.39 is 43.2 Å². The summed E-state index contributed by atoms with van der Waals surface area (Å²) < 4.78 is 4.87. The number of hydrogen-bond acceptors (Lipinski definition) is 7. The van der Waals surface area contributed by atoms with Gasteiger partial charge in [-0.3, -0.25) is 4.79 Å². The molecule has 17 heavy (non-hydrogen) atoms. The molecule has 1 aliphatic rings. The maximum Gasteiger partial charge on any atom is 0.221 e. The Hall–Kier alpha value is -0.380. The number of aliphatic hydroxyl groups is 4. The van der Waals surface area contributed by atoms with Crippen molar-refractivity contribution in [3.63, 3.8) is 0 Å². The molecule has 0 aromatic heterocycles. The first kappa shape index (κ1) is 14.7. The minimum atomic E-state index is -1.48. The largest absolute Gasteiger partial charge is 0.394 e. The highest BCUT2D eigenvalue weighted by Gasteiger charge is 2.44. The number of ether oxygens (including phenoxy) is 1. The topological polar surface area (TPSA) is 119 Å². The fourth-order valence-corrected chi connectivity index (χ4v) is 1.82. The lowest BCUT2D eigenvalue weighted by Crippen LogP contribution is -2.64. The average Bonchev–Trinajstić information content (AvgIpc) is 2.29. The summed E-state index contributed by atoms with van der Waals surface area (Å²) in [4.78, 5) is 11.3. The molecule has 0 aromatic rings. The molecule has 7 nitrogen and oxygen atoms in total. The summed E-state index contributed by atoms with van der Waals surface area (Å²) in [7, 11) is 0. The first-order valence-electron chi connectivity index (χ1n) is 5.22. The standard InChI is InChI=1S/C9H17NO6S/c11-3-4-7(13)8(14)6(9(15)16-4)10-5(12)1-2-17/h4,6-9,11,13-15,17H,1-3H2,(H,10,12)/t4?,6?,7-,8?,9-/m1/s1. The third kappa shape index (κ3) is 3.54. The minimum absolute atomic E-state index is 0.124. The van der Waals surface area contributed by atoms with Crippen molar-refractivity contribution in [2.75, 3.05) is 12.4 Å². The number of nitrogens with one attached hydrogen (secondary N) is 1. The molecule has 0 spiro atoms. The molecule has 0 radical (unpaired) electrons. The van der Waals surface area contributed by atoms with E-state index in [0.717, 1.165) is 0 Å². The SMILES string of the molecule is O=C(CCS)NC1C(O)[C@H](O)C(CO)O[C@H]1O. The van der Waals surface area contributed by atoms with Crippen molar-refractivity contribution in [3.8, 4) is 0 Å². The average molecular weight is 267 g/mol. The summed E-state index contributed by atoms with van der Waals surface area (Å²) in [5.74, 6) is -0.0886. The van der Waals surface area contributed by atoms with Crippen LogP contribution < -0.4 is 5.32 Å². The van der Waals surface area contributed by atoms with Crippen LogP contribution >= 0.6 is 12.6 Å².